The average molecular weight is 388 g/mol. The monoisotopic (exact) mass is 386 g/mol. The molecule has 2 nitrogen and oxygen atoms in total. The van der Waals surface area contributed by atoms with Crippen LogP contribution in [-0.2, 0) is 15.3 Å². The molecule has 0 saturated carbocycles. The first-order chi connectivity index (χ1) is 8.90. The van der Waals surface area contributed by atoms with Crippen LogP contribution in [0, 0.1) is 0 Å². The van der Waals surface area contributed by atoms with Crippen molar-refractivity contribution in [3.05, 3.63) is 34.3 Å². The van der Waals surface area contributed by atoms with E-state index in [1.165, 1.54) is 0 Å². The molecule has 0 amide bonds. The normalized spacial score (nSPS) is 12.6. The van der Waals surface area contributed by atoms with Crippen molar-refractivity contribution in [3.63, 3.8) is 0 Å². The Morgan fingerprint density at radius 3 is 2.26 bits per heavy atom. The Kier molecular flexibility index (Phi) is 6.64. The molecular weight excluding hydrogens is 371 g/mol. The fraction of sp³-hybridized carbons (Fsp3) is 0.538. The minimum Gasteiger partial charge on any atom is -0.229 e. The number of halogens is 3. The van der Waals surface area contributed by atoms with Gasteiger partial charge in [-0.3, -0.25) is 0 Å². The van der Waals surface area contributed by atoms with E-state index in [1.54, 1.807) is 6.92 Å². The molecule has 0 heterocycles. The first kappa shape index (κ1) is 17.3. The summed E-state index contributed by atoms with van der Waals surface area (Å²) in [4.78, 5) is 0. The highest BCUT2D eigenvalue weighted by atomic mass is 79.9. The van der Waals surface area contributed by atoms with E-state index in [1.807, 2.05) is 24.3 Å². The molecule has 0 bridgehead atoms. The van der Waals surface area contributed by atoms with Crippen LogP contribution in [0.4, 0.5) is 0 Å². The largest absolute Gasteiger partial charge is 0.229 e. The standard InChI is InChI=1S/C13H17BrCl2O2S/c1-2-19(17,18)8-7-13(9-15,10-16)11-5-3-4-6-12(11)14/h3-6H,2,7-10H2,1H3. The maximum atomic E-state index is 11.7. The van der Waals surface area contributed by atoms with E-state index in [0.717, 1.165) is 10.0 Å². The molecule has 0 fully saturated rings. The molecule has 1 aromatic carbocycles. The van der Waals surface area contributed by atoms with Crippen LogP contribution < -0.4 is 0 Å². The molecule has 1 rings (SSSR count). The third-order valence-corrected chi connectivity index (χ3v) is 6.71. The second-order valence-electron chi connectivity index (χ2n) is 4.51. The molecule has 0 spiro atoms. The maximum absolute atomic E-state index is 11.7. The van der Waals surface area contributed by atoms with E-state index in [0.29, 0.717) is 18.2 Å². The van der Waals surface area contributed by atoms with Gasteiger partial charge in [0.1, 0.15) is 9.84 Å². The van der Waals surface area contributed by atoms with Crippen LogP contribution in [0.5, 0.6) is 0 Å². The van der Waals surface area contributed by atoms with Crippen LogP contribution in [0.1, 0.15) is 18.9 Å². The quantitative estimate of drug-likeness (QED) is 0.663. The molecule has 0 radical (unpaired) electrons. The third-order valence-electron chi connectivity index (χ3n) is 3.29. The second-order valence-corrected chi connectivity index (χ2v) is 8.38. The summed E-state index contributed by atoms with van der Waals surface area (Å²) in [7, 11) is -3.03. The van der Waals surface area contributed by atoms with E-state index in [-0.39, 0.29) is 11.5 Å². The van der Waals surface area contributed by atoms with Gasteiger partial charge in [-0.1, -0.05) is 41.1 Å². The number of rotatable bonds is 7. The lowest BCUT2D eigenvalue weighted by atomic mass is 9.82. The van der Waals surface area contributed by atoms with E-state index in [9.17, 15) is 8.42 Å². The van der Waals surface area contributed by atoms with E-state index >= 15 is 0 Å². The zero-order valence-corrected chi connectivity index (χ0v) is 14.6. The smallest absolute Gasteiger partial charge is 0.150 e. The van der Waals surface area contributed by atoms with Crippen LogP contribution in [0.2, 0.25) is 0 Å². The lowest BCUT2D eigenvalue weighted by molar-refractivity contribution is 0.509. The first-order valence-electron chi connectivity index (χ1n) is 5.98. The molecule has 6 heteroatoms. The van der Waals surface area contributed by atoms with Crippen LogP contribution in [0.15, 0.2) is 28.7 Å². The fourth-order valence-electron chi connectivity index (χ4n) is 1.83. The highest BCUT2D eigenvalue weighted by molar-refractivity contribution is 9.10. The van der Waals surface area contributed by atoms with Gasteiger partial charge < -0.3 is 0 Å². The van der Waals surface area contributed by atoms with Gasteiger partial charge in [-0.2, -0.15) is 0 Å². The van der Waals surface area contributed by atoms with Gasteiger partial charge in [0.15, 0.2) is 0 Å². The molecule has 0 aliphatic heterocycles. The summed E-state index contributed by atoms with van der Waals surface area (Å²) in [6, 6.07) is 7.66. The molecule has 0 unspecified atom stereocenters. The number of benzene rings is 1. The molecule has 108 valence electrons. The van der Waals surface area contributed by atoms with Gasteiger partial charge in [-0.25, -0.2) is 8.42 Å². The summed E-state index contributed by atoms with van der Waals surface area (Å²) >= 11 is 15.7. The third kappa shape index (κ3) is 4.35. The average Bonchev–Trinajstić information content (AvgIpc) is 2.42. The van der Waals surface area contributed by atoms with Crippen molar-refractivity contribution < 1.29 is 8.42 Å². The highest BCUT2D eigenvalue weighted by Crippen LogP contribution is 2.36. The molecule has 0 aromatic heterocycles. The molecule has 1 aromatic rings. The van der Waals surface area contributed by atoms with Gasteiger partial charge in [0.05, 0.1) is 5.75 Å². The molecule has 0 aliphatic rings. The summed E-state index contributed by atoms with van der Waals surface area (Å²) in [6.07, 6.45) is 0.429. The maximum Gasteiger partial charge on any atom is 0.150 e. The van der Waals surface area contributed by atoms with Crippen LogP contribution in [0.3, 0.4) is 0 Å². The summed E-state index contributed by atoms with van der Waals surface area (Å²) in [5.74, 6) is 0.824. The van der Waals surface area contributed by atoms with Crippen molar-refractivity contribution >= 4 is 49.0 Å². The van der Waals surface area contributed by atoms with E-state index < -0.39 is 15.3 Å². The molecule has 0 saturated heterocycles. The predicted octanol–water partition coefficient (Wildman–Crippen LogP) is 3.99. The van der Waals surface area contributed by atoms with Gasteiger partial charge in [-0.05, 0) is 18.1 Å². The molecule has 0 atom stereocenters. The zero-order chi connectivity index (χ0) is 14.5. The lowest BCUT2D eigenvalue weighted by Gasteiger charge is -2.31. The summed E-state index contributed by atoms with van der Waals surface area (Å²) in [5.41, 5.74) is 0.442. The molecule has 0 aliphatic carbocycles. The molecule has 0 N–H and O–H groups in total. The SMILES string of the molecule is CCS(=O)(=O)CCC(CCl)(CCl)c1ccccc1Br. The van der Waals surface area contributed by atoms with Crippen LogP contribution in [0.25, 0.3) is 0 Å². The molecule has 19 heavy (non-hydrogen) atoms. The Bertz CT molecular complexity index is 513. The van der Waals surface area contributed by atoms with Gasteiger partial charge >= 0.3 is 0 Å². The number of hydrogen-bond donors (Lipinski definition) is 0. The minimum atomic E-state index is -3.03. The second kappa shape index (κ2) is 7.30. The van der Waals surface area contributed by atoms with Crippen molar-refractivity contribution in [2.75, 3.05) is 23.3 Å². The van der Waals surface area contributed by atoms with Crippen molar-refractivity contribution in [2.45, 2.75) is 18.8 Å². The molecular formula is C13H17BrCl2O2S. The Balaban J connectivity index is 3.08. The van der Waals surface area contributed by atoms with Crippen LogP contribution >= 0.6 is 39.1 Å². The Labute approximate surface area is 133 Å². The van der Waals surface area contributed by atoms with Gasteiger partial charge in [0.2, 0.25) is 0 Å². The number of hydrogen-bond acceptors (Lipinski definition) is 2. The van der Waals surface area contributed by atoms with Crippen LogP contribution in [-0.4, -0.2) is 31.7 Å². The first-order valence-corrected chi connectivity index (χ1v) is 9.66. The Morgan fingerprint density at radius 2 is 1.79 bits per heavy atom. The summed E-state index contributed by atoms with van der Waals surface area (Å²) in [6.45, 7) is 1.65. The zero-order valence-electron chi connectivity index (χ0n) is 10.7. The van der Waals surface area contributed by atoms with Gasteiger partial charge in [0, 0.05) is 27.4 Å². The van der Waals surface area contributed by atoms with E-state index in [2.05, 4.69) is 15.9 Å². The minimum absolute atomic E-state index is 0.101. The Morgan fingerprint density at radius 1 is 1.21 bits per heavy atom. The fourth-order valence-corrected chi connectivity index (χ4v) is 4.37. The lowest BCUT2D eigenvalue weighted by Crippen LogP contribution is -2.34. The summed E-state index contributed by atoms with van der Waals surface area (Å²) < 4.78 is 24.3. The van der Waals surface area contributed by atoms with E-state index in [4.69, 9.17) is 23.2 Å². The van der Waals surface area contributed by atoms with Gasteiger partial charge in [-0.15, -0.1) is 23.2 Å². The van der Waals surface area contributed by atoms with Crippen molar-refractivity contribution in [1.29, 1.82) is 0 Å². The number of alkyl halides is 2. The predicted molar refractivity (Wildman–Crippen MR) is 86.2 cm³/mol. The topological polar surface area (TPSA) is 34.1 Å². The Hall–Kier alpha value is 0.230. The van der Waals surface area contributed by atoms with Crippen molar-refractivity contribution in [3.8, 4) is 0 Å². The van der Waals surface area contributed by atoms with Gasteiger partial charge in [0.25, 0.3) is 0 Å². The highest BCUT2D eigenvalue weighted by Gasteiger charge is 2.33. The number of sulfone groups is 1. The summed E-state index contributed by atoms with van der Waals surface area (Å²) in [5, 5.41) is 0. The van der Waals surface area contributed by atoms with Crippen molar-refractivity contribution in [2.24, 2.45) is 0 Å². The van der Waals surface area contributed by atoms with Crippen molar-refractivity contribution in [1.82, 2.24) is 0 Å².